The number of ether oxygens (including phenoxy) is 1. The molecule has 2 aliphatic heterocycles. The summed E-state index contributed by atoms with van der Waals surface area (Å²) < 4.78 is 26.2. The van der Waals surface area contributed by atoms with Crippen molar-refractivity contribution in [1.82, 2.24) is 15.6 Å². The lowest BCUT2D eigenvalue weighted by molar-refractivity contribution is -0.149. The van der Waals surface area contributed by atoms with Gasteiger partial charge in [-0.2, -0.15) is 0 Å². The van der Waals surface area contributed by atoms with Crippen LogP contribution in [0.2, 0.25) is 0 Å². The zero-order chi connectivity index (χ0) is 21.6. The maximum atomic E-state index is 15.2. The number of nitrogens with one attached hydrogen (secondary N) is 2. The van der Waals surface area contributed by atoms with Gasteiger partial charge in [-0.1, -0.05) is 0 Å². The summed E-state index contributed by atoms with van der Waals surface area (Å²) in [4.78, 5) is 43.4. The first-order chi connectivity index (χ1) is 14.3. The van der Waals surface area contributed by atoms with Crippen LogP contribution in [0.1, 0.15) is 19.4 Å². The van der Waals surface area contributed by atoms with Gasteiger partial charge in [0.05, 0.1) is 24.0 Å². The van der Waals surface area contributed by atoms with Gasteiger partial charge in [0, 0.05) is 25.6 Å². The molecular weight excluding hydrogens is 395 g/mol. The molecule has 1 spiro atoms. The minimum absolute atomic E-state index is 0.120. The first-order valence-corrected chi connectivity index (χ1v) is 9.53. The van der Waals surface area contributed by atoms with Gasteiger partial charge in [0.15, 0.2) is 5.41 Å². The third kappa shape index (κ3) is 2.86. The van der Waals surface area contributed by atoms with Crippen LogP contribution in [0.4, 0.5) is 14.9 Å². The van der Waals surface area contributed by atoms with Gasteiger partial charge in [-0.25, -0.2) is 14.2 Å². The maximum Gasteiger partial charge on any atom is 0.328 e. The smallest absolute Gasteiger partial charge is 0.328 e. The van der Waals surface area contributed by atoms with Crippen LogP contribution in [0, 0.1) is 11.2 Å². The first kappa shape index (κ1) is 20.0. The number of anilines is 1. The molecule has 30 heavy (non-hydrogen) atoms. The Balaban J connectivity index is 1.91. The molecule has 2 N–H and O–H groups in total. The highest BCUT2D eigenvalue weighted by atomic mass is 19.1. The fourth-order valence-electron chi connectivity index (χ4n) is 4.61. The summed E-state index contributed by atoms with van der Waals surface area (Å²) in [5.41, 5.74) is -0.634. The Bertz CT molecular complexity index is 1000. The van der Waals surface area contributed by atoms with E-state index in [4.69, 9.17) is 9.15 Å². The molecule has 9 nitrogen and oxygen atoms in total. The van der Waals surface area contributed by atoms with E-state index in [0.717, 1.165) is 0 Å². The highest BCUT2D eigenvalue weighted by molar-refractivity contribution is 6.20. The van der Waals surface area contributed by atoms with Crippen molar-refractivity contribution >= 4 is 23.5 Å². The number of aromatic nitrogens is 1. The van der Waals surface area contributed by atoms with Crippen LogP contribution < -0.4 is 15.5 Å². The average Bonchev–Trinajstić information content (AvgIpc) is 3.20. The summed E-state index contributed by atoms with van der Waals surface area (Å²) in [6.45, 7) is 3.84. The summed E-state index contributed by atoms with van der Waals surface area (Å²) in [5, 5.41) is 4.38. The number of nitrogens with zero attached hydrogens (tertiary/aromatic N) is 2. The Morgan fingerprint density at radius 3 is 2.63 bits per heavy atom. The summed E-state index contributed by atoms with van der Waals surface area (Å²) >= 11 is 0. The normalized spacial score (nSPS) is 21.3. The Morgan fingerprint density at radius 2 is 2.03 bits per heavy atom. The fourth-order valence-corrected chi connectivity index (χ4v) is 4.61. The molecule has 1 fully saturated rings. The number of fused-ring (bicyclic) bond motifs is 1. The van der Waals surface area contributed by atoms with E-state index in [0.29, 0.717) is 17.7 Å². The fraction of sp³-hybridized carbons (Fsp3) is 0.400. The minimum Gasteiger partial charge on any atom is -0.445 e. The standard InChI is InChI=1S/C20H21FN4O5/c1-4-29-10(2)15-20(17(26)23-19(28)24-18(20)27)9-12-7-11(16-22-5-6-30-16)8-13(21)14(12)25(15)3/h5-8,10,15H,4,9H2,1-3H3,(H2,23,24,26,27,28). The lowest BCUT2D eigenvalue weighted by Crippen LogP contribution is -2.73. The predicted octanol–water partition coefficient (Wildman–Crippen LogP) is 1.62. The highest BCUT2D eigenvalue weighted by Crippen LogP contribution is 2.46. The van der Waals surface area contributed by atoms with Crippen LogP contribution in [-0.2, 0) is 20.7 Å². The van der Waals surface area contributed by atoms with Crippen molar-refractivity contribution in [1.29, 1.82) is 0 Å². The number of benzene rings is 1. The second-order valence-electron chi connectivity index (χ2n) is 7.40. The van der Waals surface area contributed by atoms with E-state index < -0.39 is 41.2 Å². The van der Waals surface area contributed by atoms with Gasteiger partial charge in [-0.3, -0.25) is 20.2 Å². The first-order valence-electron chi connectivity index (χ1n) is 9.53. The highest BCUT2D eigenvalue weighted by Gasteiger charge is 2.61. The molecule has 1 aromatic carbocycles. The van der Waals surface area contributed by atoms with Gasteiger partial charge < -0.3 is 14.1 Å². The van der Waals surface area contributed by atoms with Crippen LogP contribution in [0.5, 0.6) is 0 Å². The van der Waals surface area contributed by atoms with Crippen molar-refractivity contribution in [2.24, 2.45) is 5.41 Å². The number of barbiturate groups is 1. The van der Waals surface area contributed by atoms with Gasteiger partial charge in [-0.15, -0.1) is 0 Å². The number of urea groups is 1. The molecule has 10 heteroatoms. The van der Waals surface area contributed by atoms with E-state index >= 15 is 4.39 Å². The molecule has 1 aromatic heterocycles. The second kappa shape index (κ2) is 7.21. The number of oxazole rings is 1. The van der Waals surface area contributed by atoms with E-state index in [-0.39, 0.29) is 18.0 Å². The zero-order valence-electron chi connectivity index (χ0n) is 16.7. The monoisotopic (exact) mass is 416 g/mol. The van der Waals surface area contributed by atoms with E-state index in [2.05, 4.69) is 15.6 Å². The molecule has 4 rings (SSSR count). The number of rotatable bonds is 4. The van der Waals surface area contributed by atoms with E-state index in [1.54, 1.807) is 31.9 Å². The molecule has 3 heterocycles. The lowest BCUT2D eigenvalue weighted by Gasteiger charge is -2.50. The number of hydrogen-bond donors (Lipinski definition) is 2. The van der Waals surface area contributed by atoms with Crippen LogP contribution in [0.3, 0.4) is 0 Å². The SMILES string of the molecule is CCOC(C)C1N(C)c2c(F)cc(-c3ncco3)cc2CC12C(=O)NC(=O)NC2=O. The van der Waals surface area contributed by atoms with Crippen LogP contribution in [-0.4, -0.2) is 48.6 Å². The number of imide groups is 2. The summed E-state index contributed by atoms with van der Waals surface area (Å²) in [7, 11) is 1.60. The number of hydrogen-bond acceptors (Lipinski definition) is 7. The van der Waals surface area contributed by atoms with E-state index in [1.165, 1.54) is 18.5 Å². The summed E-state index contributed by atoms with van der Waals surface area (Å²) in [6, 6.07) is 1.21. The van der Waals surface area contributed by atoms with Crippen molar-refractivity contribution in [3.05, 3.63) is 36.0 Å². The Labute approximate surface area is 171 Å². The lowest BCUT2D eigenvalue weighted by atomic mass is 9.67. The third-order valence-corrected chi connectivity index (χ3v) is 5.70. The molecule has 2 aromatic rings. The molecule has 0 saturated carbocycles. The van der Waals surface area contributed by atoms with Crippen LogP contribution in [0.15, 0.2) is 29.0 Å². The molecule has 0 aliphatic carbocycles. The quantitative estimate of drug-likeness (QED) is 0.728. The van der Waals surface area contributed by atoms with Crippen molar-refractivity contribution in [2.45, 2.75) is 32.4 Å². The number of likely N-dealkylation sites (N-methyl/N-ethyl adjacent to an activating group) is 1. The second-order valence-corrected chi connectivity index (χ2v) is 7.40. The number of carbonyl (C=O) groups excluding carboxylic acids is 3. The zero-order valence-corrected chi connectivity index (χ0v) is 16.7. The summed E-state index contributed by atoms with van der Waals surface area (Å²) in [5.74, 6) is -1.81. The molecule has 158 valence electrons. The van der Waals surface area contributed by atoms with Gasteiger partial charge in [0.2, 0.25) is 17.7 Å². The largest absolute Gasteiger partial charge is 0.445 e. The molecule has 4 amide bonds. The van der Waals surface area contributed by atoms with Gasteiger partial charge in [-0.05, 0) is 31.5 Å². The molecule has 2 atom stereocenters. The Kier molecular flexibility index (Phi) is 4.81. The van der Waals surface area contributed by atoms with Crippen molar-refractivity contribution in [3.63, 3.8) is 0 Å². The molecule has 0 radical (unpaired) electrons. The third-order valence-electron chi connectivity index (χ3n) is 5.70. The molecule has 2 aliphatic rings. The van der Waals surface area contributed by atoms with Crippen molar-refractivity contribution in [3.8, 4) is 11.5 Å². The predicted molar refractivity (Wildman–Crippen MR) is 103 cm³/mol. The number of carbonyl (C=O) groups is 3. The van der Waals surface area contributed by atoms with Crippen LogP contribution in [0.25, 0.3) is 11.5 Å². The molecule has 0 bridgehead atoms. The van der Waals surface area contributed by atoms with Gasteiger partial charge in [0.25, 0.3) is 0 Å². The molecular formula is C20H21FN4O5. The number of amides is 4. The summed E-state index contributed by atoms with van der Waals surface area (Å²) in [6.07, 6.45) is 2.08. The van der Waals surface area contributed by atoms with Crippen LogP contribution >= 0.6 is 0 Å². The Hall–Kier alpha value is -3.27. The molecule has 1 saturated heterocycles. The van der Waals surface area contributed by atoms with Gasteiger partial charge >= 0.3 is 6.03 Å². The van der Waals surface area contributed by atoms with Crippen molar-refractivity contribution in [2.75, 3.05) is 18.6 Å². The van der Waals surface area contributed by atoms with Crippen molar-refractivity contribution < 1.29 is 27.9 Å². The topological polar surface area (TPSA) is 114 Å². The van der Waals surface area contributed by atoms with Gasteiger partial charge in [0.1, 0.15) is 12.1 Å². The number of halogens is 1. The maximum absolute atomic E-state index is 15.2. The molecule has 2 unspecified atom stereocenters. The van der Waals surface area contributed by atoms with E-state index in [9.17, 15) is 14.4 Å². The minimum atomic E-state index is -1.69. The Morgan fingerprint density at radius 1 is 1.33 bits per heavy atom. The van der Waals surface area contributed by atoms with E-state index in [1.807, 2.05) is 0 Å². The average molecular weight is 416 g/mol.